The lowest BCUT2D eigenvalue weighted by atomic mass is 10.0. The zero-order chi connectivity index (χ0) is 20.5. The van der Waals surface area contributed by atoms with Crippen molar-refractivity contribution < 1.29 is 19.1 Å². The van der Waals surface area contributed by atoms with Crippen molar-refractivity contribution >= 4 is 11.8 Å². The van der Waals surface area contributed by atoms with Crippen molar-refractivity contribution in [3.8, 4) is 11.5 Å². The first kappa shape index (κ1) is 21.3. The maximum atomic E-state index is 12.1. The SMILES string of the molecule is CCc1ccc(OCC(=O)NNC(=O)[C@H](C)Oc2ccc(C(C)C)cc2)cc1. The molecule has 6 nitrogen and oxygen atoms in total. The van der Waals surface area contributed by atoms with Crippen molar-refractivity contribution in [1.82, 2.24) is 10.9 Å². The Morgan fingerprint density at radius 2 is 1.50 bits per heavy atom. The molecular formula is C22H28N2O4. The topological polar surface area (TPSA) is 76.7 Å². The molecule has 1 atom stereocenters. The summed E-state index contributed by atoms with van der Waals surface area (Å²) in [5, 5.41) is 0. The molecule has 0 spiro atoms. The van der Waals surface area contributed by atoms with Crippen molar-refractivity contribution in [3.05, 3.63) is 59.7 Å². The van der Waals surface area contributed by atoms with Crippen LogP contribution in [0.5, 0.6) is 11.5 Å². The van der Waals surface area contributed by atoms with Gasteiger partial charge in [0.05, 0.1) is 0 Å². The fraction of sp³-hybridized carbons (Fsp3) is 0.364. The molecule has 0 saturated heterocycles. The van der Waals surface area contributed by atoms with Gasteiger partial charge in [0, 0.05) is 0 Å². The van der Waals surface area contributed by atoms with Crippen molar-refractivity contribution in [1.29, 1.82) is 0 Å². The highest BCUT2D eigenvalue weighted by atomic mass is 16.5. The Hall–Kier alpha value is -3.02. The van der Waals surface area contributed by atoms with Crippen LogP contribution in [0.3, 0.4) is 0 Å². The van der Waals surface area contributed by atoms with E-state index < -0.39 is 17.9 Å². The Labute approximate surface area is 166 Å². The number of hydrogen-bond acceptors (Lipinski definition) is 4. The largest absolute Gasteiger partial charge is 0.484 e. The van der Waals surface area contributed by atoms with Crippen molar-refractivity contribution in [2.75, 3.05) is 6.61 Å². The summed E-state index contributed by atoms with van der Waals surface area (Å²) in [6.07, 6.45) is 0.183. The van der Waals surface area contributed by atoms with E-state index in [1.807, 2.05) is 48.5 Å². The Morgan fingerprint density at radius 3 is 2.07 bits per heavy atom. The number of carbonyl (C=O) groups excluding carboxylic acids is 2. The van der Waals surface area contributed by atoms with Gasteiger partial charge in [-0.25, -0.2) is 0 Å². The Balaban J connectivity index is 1.73. The molecule has 0 aliphatic heterocycles. The molecule has 0 heterocycles. The number of carbonyl (C=O) groups is 2. The summed E-state index contributed by atoms with van der Waals surface area (Å²) in [6, 6.07) is 15.1. The van der Waals surface area contributed by atoms with Crippen LogP contribution in [-0.2, 0) is 16.0 Å². The van der Waals surface area contributed by atoms with Crippen LogP contribution in [0.25, 0.3) is 0 Å². The monoisotopic (exact) mass is 384 g/mol. The highest BCUT2D eigenvalue weighted by Crippen LogP contribution is 2.19. The molecular weight excluding hydrogens is 356 g/mol. The number of ether oxygens (including phenoxy) is 2. The van der Waals surface area contributed by atoms with Crippen molar-refractivity contribution in [2.45, 2.75) is 46.1 Å². The highest BCUT2D eigenvalue weighted by Gasteiger charge is 2.15. The first-order chi connectivity index (χ1) is 13.4. The summed E-state index contributed by atoms with van der Waals surface area (Å²) in [6.45, 7) is 7.70. The molecule has 0 unspecified atom stereocenters. The highest BCUT2D eigenvalue weighted by molar-refractivity contribution is 5.85. The third-order valence-electron chi connectivity index (χ3n) is 4.26. The molecule has 0 radical (unpaired) electrons. The van der Waals surface area contributed by atoms with Gasteiger partial charge in [0.2, 0.25) is 0 Å². The lowest BCUT2D eigenvalue weighted by molar-refractivity contribution is -0.133. The van der Waals surface area contributed by atoms with E-state index in [9.17, 15) is 9.59 Å². The van der Waals surface area contributed by atoms with Crippen LogP contribution in [0, 0.1) is 0 Å². The van der Waals surface area contributed by atoms with E-state index in [0.717, 1.165) is 6.42 Å². The van der Waals surface area contributed by atoms with E-state index in [1.165, 1.54) is 11.1 Å². The van der Waals surface area contributed by atoms with Gasteiger partial charge < -0.3 is 9.47 Å². The second-order valence-electron chi connectivity index (χ2n) is 6.81. The molecule has 2 rings (SSSR count). The molecule has 0 saturated carbocycles. The normalized spacial score (nSPS) is 11.6. The lowest BCUT2D eigenvalue weighted by Crippen LogP contribution is -2.48. The van der Waals surface area contributed by atoms with Crippen LogP contribution in [-0.4, -0.2) is 24.5 Å². The number of hydrazine groups is 1. The van der Waals surface area contributed by atoms with Crippen LogP contribution in [0.4, 0.5) is 0 Å². The molecule has 0 aliphatic rings. The molecule has 28 heavy (non-hydrogen) atoms. The molecule has 0 fully saturated rings. The van der Waals surface area contributed by atoms with E-state index in [1.54, 1.807) is 6.92 Å². The molecule has 2 N–H and O–H groups in total. The van der Waals surface area contributed by atoms with Gasteiger partial charge in [0.1, 0.15) is 11.5 Å². The minimum Gasteiger partial charge on any atom is -0.484 e. The number of aryl methyl sites for hydroxylation is 1. The summed E-state index contributed by atoms with van der Waals surface area (Å²) in [5.74, 6) is 0.712. The lowest BCUT2D eigenvalue weighted by Gasteiger charge is -2.16. The van der Waals surface area contributed by atoms with Gasteiger partial charge in [-0.15, -0.1) is 0 Å². The van der Waals surface area contributed by atoms with E-state index in [2.05, 4.69) is 31.6 Å². The molecule has 0 aromatic heterocycles. The summed E-state index contributed by atoms with van der Waals surface area (Å²) >= 11 is 0. The molecule has 2 aromatic carbocycles. The van der Waals surface area contributed by atoms with Crippen LogP contribution in [0.1, 0.15) is 44.7 Å². The van der Waals surface area contributed by atoms with Gasteiger partial charge in [-0.1, -0.05) is 45.0 Å². The molecule has 0 aliphatic carbocycles. The Bertz CT molecular complexity index is 770. The minimum atomic E-state index is -0.757. The average Bonchev–Trinajstić information content (AvgIpc) is 2.71. The van der Waals surface area contributed by atoms with Crippen LogP contribution >= 0.6 is 0 Å². The van der Waals surface area contributed by atoms with Crippen molar-refractivity contribution in [2.24, 2.45) is 0 Å². The van der Waals surface area contributed by atoms with Crippen LogP contribution in [0.15, 0.2) is 48.5 Å². The second kappa shape index (κ2) is 10.3. The van der Waals surface area contributed by atoms with Gasteiger partial charge in [0.25, 0.3) is 11.8 Å². The predicted molar refractivity (Wildman–Crippen MR) is 108 cm³/mol. The molecule has 0 bridgehead atoms. The van der Waals surface area contributed by atoms with Crippen molar-refractivity contribution in [3.63, 3.8) is 0 Å². The molecule has 6 heteroatoms. The van der Waals surface area contributed by atoms with Gasteiger partial charge >= 0.3 is 0 Å². The molecule has 2 amide bonds. The third kappa shape index (κ3) is 6.61. The van der Waals surface area contributed by atoms with Crippen LogP contribution in [0.2, 0.25) is 0 Å². The van der Waals surface area contributed by atoms with E-state index in [-0.39, 0.29) is 6.61 Å². The third-order valence-corrected chi connectivity index (χ3v) is 4.26. The smallest absolute Gasteiger partial charge is 0.279 e. The van der Waals surface area contributed by atoms with Gasteiger partial charge in [-0.2, -0.15) is 0 Å². The second-order valence-corrected chi connectivity index (χ2v) is 6.81. The summed E-state index contributed by atoms with van der Waals surface area (Å²) in [4.78, 5) is 23.9. The number of benzene rings is 2. The summed E-state index contributed by atoms with van der Waals surface area (Å²) in [5.41, 5.74) is 7.05. The average molecular weight is 384 g/mol. The first-order valence-electron chi connectivity index (χ1n) is 9.46. The fourth-order valence-electron chi connectivity index (χ4n) is 2.43. The number of rotatable bonds is 8. The van der Waals surface area contributed by atoms with E-state index >= 15 is 0 Å². The van der Waals surface area contributed by atoms with Crippen LogP contribution < -0.4 is 20.3 Å². The maximum Gasteiger partial charge on any atom is 0.279 e. The Kier molecular flexibility index (Phi) is 7.87. The zero-order valence-electron chi connectivity index (χ0n) is 16.8. The summed E-state index contributed by atoms with van der Waals surface area (Å²) in [7, 11) is 0. The van der Waals surface area contributed by atoms with Gasteiger partial charge in [-0.05, 0) is 54.7 Å². The minimum absolute atomic E-state index is 0.197. The number of nitrogens with one attached hydrogen (secondary N) is 2. The molecule has 2 aromatic rings. The summed E-state index contributed by atoms with van der Waals surface area (Å²) < 4.78 is 11.0. The van der Waals surface area contributed by atoms with Gasteiger partial charge in [-0.3, -0.25) is 20.4 Å². The zero-order valence-corrected chi connectivity index (χ0v) is 16.8. The fourth-order valence-corrected chi connectivity index (χ4v) is 2.43. The quantitative estimate of drug-likeness (QED) is 0.684. The Morgan fingerprint density at radius 1 is 0.893 bits per heavy atom. The first-order valence-corrected chi connectivity index (χ1v) is 9.46. The number of amides is 2. The standard InChI is InChI=1S/C22H28N2O4/c1-5-17-6-10-19(11-7-17)27-14-21(25)23-24-22(26)16(4)28-20-12-8-18(9-13-20)15(2)3/h6-13,15-16H,5,14H2,1-4H3,(H,23,25)(H,24,26)/t16-/m0/s1. The van der Waals surface area contributed by atoms with E-state index in [0.29, 0.717) is 17.4 Å². The number of hydrogen-bond donors (Lipinski definition) is 2. The maximum absolute atomic E-state index is 12.1. The van der Waals surface area contributed by atoms with E-state index in [4.69, 9.17) is 9.47 Å². The predicted octanol–water partition coefficient (Wildman–Crippen LogP) is 3.37. The van der Waals surface area contributed by atoms with Gasteiger partial charge in [0.15, 0.2) is 12.7 Å². The molecule has 150 valence electrons.